The van der Waals surface area contributed by atoms with Gasteiger partial charge >= 0.3 is 6.03 Å². The summed E-state index contributed by atoms with van der Waals surface area (Å²) >= 11 is 0. The molecular formula is C11H14ClN3O2. The van der Waals surface area contributed by atoms with Gasteiger partial charge in [0.25, 0.3) is 0 Å². The van der Waals surface area contributed by atoms with Crippen molar-refractivity contribution in [3.8, 4) is 5.75 Å². The standard InChI is InChI=1S/C11H13N3O2.ClH/c1-2-4-8-5-3-6-9(10(8)15)7-13-14-11(12)16;/h2-7,15H,1H3,(H3,12,14,16);1H. The average molecular weight is 256 g/mol. The first-order chi connectivity index (χ1) is 7.65. The Labute approximate surface area is 105 Å². The van der Waals surface area contributed by atoms with E-state index in [-0.39, 0.29) is 18.2 Å². The van der Waals surface area contributed by atoms with Crippen molar-refractivity contribution in [3.05, 3.63) is 35.4 Å². The predicted octanol–water partition coefficient (Wildman–Crippen LogP) is 1.85. The van der Waals surface area contributed by atoms with Gasteiger partial charge in [0.05, 0.1) is 6.21 Å². The lowest BCUT2D eigenvalue weighted by atomic mass is 10.1. The maximum absolute atomic E-state index is 10.4. The summed E-state index contributed by atoms with van der Waals surface area (Å²) < 4.78 is 0. The number of nitrogens with two attached hydrogens (primary N) is 1. The molecule has 17 heavy (non-hydrogen) atoms. The minimum atomic E-state index is -0.750. The monoisotopic (exact) mass is 255 g/mol. The third kappa shape index (κ3) is 4.56. The fourth-order valence-corrected chi connectivity index (χ4v) is 1.16. The number of hydrogen-bond acceptors (Lipinski definition) is 3. The number of urea groups is 1. The zero-order valence-electron chi connectivity index (χ0n) is 9.25. The van der Waals surface area contributed by atoms with Gasteiger partial charge in [-0.1, -0.05) is 24.3 Å². The highest BCUT2D eigenvalue weighted by Gasteiger charge is 2.01. The van der Waals surface area contributed by atoms with Crippen LogP contribution in [0.15, 0.2) is 29.4 Å². The van der Waals surface area contributed by atoms with E-state index in [1.165, 1.54) is 6.21 Å². The summed E-state index contributed by atoms with van der Waals surface area (Å²) in [7, 11) is 0. The number of hydrazone groups is 1. The summed E-state index contributed by atoms with van der Waals surface area (Å²) in [5, 5.41) is 13.4. The van der Waals surface area contributed by atoms with Crippen LogP contribution in [0.25, 0.3) is 6.08 Å². The van der Waals surface area contributed by atoms with Crippen LogP contribution in [-0.2, 0) is 0 Å². The fourth-order valence-electron chi connectivity index (χ4n) is 1.16. The van der Waals surface area contributed by atoms with Crippen LogP contribution in [-0.4, -0.2) is 17.4 Å². The Kier molecular flexibility index (Phi) is 6.43. The molecule has 0 bridgehead atoms. The molecular weight excluding hydrogens is 242 g/mol. The summed E-state index contributed by atoms with van der Waals surface area (Å²) in [4.78, 5) is 10.4. The first-order valence-electron chi connectivity index (χ1n) is 4.68. The Morgan fingerprint density at radius 3 is 2.71 bits per heavy atom. The highest BCUT2D eigenvalue weighted by Crippen LogP contribution is 2.21. The second-order valence-electron chi connectivity index (χ2n) is 3.02. The van der Waals surface area contributed by atoms with Gasteiger partial charge in [0.15, 0.2) is 0 Å². The molecule has 0 radical (unpaired) electrons. The second kappa shape index (κ2) is 7.29. The van der Waals surface area contributed by atoms with Crippen LogP contribution < -0.4 is 11.2 Å². The Bertz CT molecular complexity index is 444. The molecule has 1 aromatic carbocycles. The topological polar surface area (TPSA) is 87.7 Å². The third-order valence-electron chi connectivity index (χ3n) is 1.82. The number of nitrogens with one attached hydrogen (secondary N) is 1. The lowest BCUT2D eigenvalue weighted by Crippen LogP contribution is -2.24. The number of phenols is 1. The largest absolute Gasteiger partial charge is 0.507 e. The van der Waals surface area contributed by atoms with Crippen LogP contribution in [0.3, 0.4) is 0 Å². The molecule has 1 aromatic rings. The maximum atomic E-state index is 10.4. The Balaban J connectivity index is 0.00000256. The zero-order chi connectivity index (χ0) is 12.0. The van der Waals surface area contributed by atoms with Crippen LogP contribution in [0.1, 0.15) is 18.1 Å². The number of halogens is 1. The normalized spacial score (nSPS) is 10.4. The van der Waals surface area contributed by atoms with E-state index in [0.29, 0.717) is 11.1 Å². The van der Waals surface area contributed by atoms with E-state index in [2.05, 4.69) is 10.5 Å². The van der Waals surface area contributed by atoms with Crippen molar-refractivity contribution in [1.29, 1.82) is 0 Å². The number of phenolic OH excluding ortho intramolecular Hbond substituents is 1. The molecule has 0 fully saturated rings. The van der Waals surface area contributed by atoms with Gasteiger partial charge < -0.3 is 10.8 Å². The van der Waals surface area contributed by atoms with E-state index in [1.807, 2.05) is 13.0 Å². The molecule has 0 aliphatic rings. The van der Waals surface area contributed by atoms with Crippen LogP contribution in [0.2, 0.25) is 0 Å². The summed E-state index contributed by atoms with van der Waals surface area (Å²) in [5.41, 5.74) is 8.08. The van der Waals surface area contributed by atoms with Crippen molar-refractivity contribution >= 4 is 30.7 Å². The molecule has 5 nitrogen and oxygen atoms in total. The number of amides is 2. The quantitative estimate of drug-likeness (QED) is 0.569. The first kappa shape index (κ1) is 15.0. The van der Waals surface area contributed by atoms with Crippen molar-refractivity contribution in [2.45, 2.75) is 6.92 Å². The van der Waals surface area contributed by atoms with E-state index in [9.17, 15) is 9.90 Å². The highest BCUT2D eigenvalue weighted by atomic mass is 35.5. The van der Waals surface area contributed by atoms with Gasteiger partial charge in [0, 0.05) is 11.1 Å². The van der Waals surface area contributed by atoms with Crippen molar-refractivity contribution in [2.24, 2.45) is 10.8 Å². The third-order valence-corrected chi connectivity index (χ3v) is 1.82. The molecule has 0 saturated carbocycles. The molecule has 6 heteroatoms. The van der Waals surface area contributed by atoms with Crippen molar-refractivity contribution in [3.63, 3.8) is 0 Å². The summed E-state index contributed by atoms with van der Waals surface area (Å²) in [6.45, 7) is 1.86. The van der Waals surface area contributed by atoms with E-state index >= 15 is 0 Å². The van der Waals surface area contributed by atoms with Crippen molar-refractivity contribution in [2.75, 3.05) is 0 Å². The Morgan fingerprint density at radius 2 is 2.12 bits per heavy atom. The highest BCUT2D eigenvalue weighted by molar-refractivity contribution is 5.86. The number of rotatable bonds is 3. The van der Waals surface area contributed by atoms with Crippen molar-refractivity contribution < 1.29 is 9.90 Å². The fraction of sp³-hybridized carbons (Fsp3) is 0.0909. The second-order valence-corrected chi connectivity index (χ2v) is 3.02. The summed E-state index contributed by atoms with van der Waals surface area (Å²) in [6.07, 6.45) is 4.92. The first-order valence-corrected chi connectivity index (χ1v) is 4.68. The molecule has 0 spiro atoms. The number of nitrogens with zero attached hydrogens (tertiary/aromatic N) is 1. The van der Waals surface area contributed by atoms with Gasteiger partial charge in [-0.15, -0.1) is 12.4 Å². The van der Waals surface area contributed by atoms with E-state index in [1.54, 1.807) is 24.3 Å². The number of benzene rings is 1. The number of carbonyl (C=O) groups excluding carboxylic acids is 1. The molecule has 92 valence electrons. The molecule has 1 rings (SSSR count). The number of primary amides is 1. The molecule has 0 saturated heterocycles. The average Bonchev–Trinajstić information content (AvgIpc) is 2.23. The summed E-state index contributed by atoms with van der Waals surface area (Å²) in [5.74, 6) is 0.107. The molecule has 4 N–H and O–H groups in total. The number of aromatic hydroxyl groups is 1. The molecule has 0 aliphatic heterocycles. The molecule has 0 atom stereocenters. The van der Waals surface area contributed by atoms with Gasteiger partial charge in [-0.2, -0.15) is 5.10 Å². The van der Waals surface area contributed by atoms with E-state index in [4.69, 9.17) is 5.73 Å². The zero-order valence-corrected chi connectivity index (χ0v) is 10.1. The van der Waals surface area contributed by atoms with E-state index in [0.717, 1.165) is 0 Å². The molecule has 2 amide bonds. The van der Waals surface area contributed by atoms with Gasteiger partial charge in [-0.25, -0.2) is 10.2 Å². The van der Waals surface area contributed by atoms with Crippen LogP contribution in [0, 0.1) is 0 Å². The number of carbonyl (C=O) groups is 1. The molecule has 0 aromatic heterocycles. The smallest absolute Gasteiger partial charge is 0.332 e. The number of allylic oxidation sites excluding steroid dienone is 1. The lowest BCUT2D eigenvalue weighted by Gasteiger charge is -2.02. The van der Waals surface area contributed by atoms with Crippen molar-refractivity contribution in [1.82, 2.24) is 5.43 Å². The Hall–Kier alpha value is -2.01. The van der Waals surface area contributed by atoms with Gasteiger partial charge in [-0.3, -0.25) is 0 Å². The number of hydrogen-bond donors (Lipinski definition) is 3. The van der Waals surface area contributed by atoms with Crippen LogP contribution in [0.4, 0.5) is 4.79 Å². The minimum absolute atomic E-state index is 0. The summed E-state index contributed by atoms with van der Waals surface area (Å²) in [6, 6.07) is 4.48. The minimum Gasteiger partial charge on any atom is -0.507 e. The molecule has 0 heterocycles. The Morgan fingerprint density at radius 1 is 1.47 bits per heavy atom. The SMILES string of the molecule is CC=Cc1cccc(C=NNC(N)=O)c1O.Cl. The van der Waals surface area contributed by atoms with Gasteiger partial charge in [0.1, 0.15) is 5.75 Å². The van der Waals surface area contributed by atoms with Crippen LogP contribution in [0.5, 0.6) is 5.75 Å². The van der Waals surface area contributed by atoms with Crippen LogP contribution >= 0.6 is 12.4 Å². The number of para-hydroxylation sites is 1. The molecule has 0 unspecified atom stereocenters. The van der Waals surface area contributed by atoms with E-state index < -0.39 is 6.03 Å². The lowest BCUT2D eigenvalue weighted by molar-refractivity contribution is 0.249. The predicted molar refractivity (Wildman–Crippen MR) is 70.4 cm³/mol. The maximum Gasteiger partial charge on any atom is 0.332 e. The van der Waals surface area contributed by atoms with Gasteiger partial charge in [0.2, 0.25) is 0 Å². The molecule has 0 aliphatic carbocycles. The van der Waals surface area contributed by atoms with Gasteiger partial charge in [-0.05, 0) is 13.0 Å².